The van der Waals surface area contributed by atoms with Gasteiger partial charge in [0.1, 0.15) is 0 Å². The monoisotopic (exact) mass is 1020 g/mol. The smallest absolute Gasteiger partial charge is 1.00 e. The molecule has 0 radical (unpaired) electrons. The van der Waals surface area contributed by atoms with Gasteiger partial charge in [0.25, 0.3) is 0 Å². The van der Waals surface area contributed by atoms with Crippen molar-refractivity contribution < 1.29 is 57.6 Å². The van der Waals surface area contributed by atoms with Gasteiger partial charge in [0.2, 0.25) is 11.4 Å². The molecule has 2 aromatic carbocycles. The largest absolute Gasteiger partial charge is 2.00 e. The van der Waals surface area contributed by atoms with Gasteiger partial charge in [-0.3, -0.25) is 0 Å². The zero-order valence-electron chi connectivity index (χ0n) is 38.8. The molecule has 3 aromatic rings. The van der Waals surface area contributed by atoms with Crippen LogP contribution in [0.5, 0.6) is 0 Å². The predicted octanol–water partition coefficient (Wildman–Crippen LogP) is 5.41. The van der Waals surface area contributed by atoms with E-state index in [1.54, 1.807) is 0 Å². The molecule has 0 unspecified atom stereocenters. The molecule has 5 saturated heterocycles. The van der Waals surface area contributed by atoms with Crippen molar-refractivity contribution in [3.05, 3.63) is 82.2 Å². The number of benzene rings is 2. The SMILES string of the molecule is C1CCOC1.C1CCOC1.C1CCOC1.C1CCOC1.C1CCOC1.CC(C)c1cccc(C(C)C)c1[NH+]=Cc1ccc(C=[NH+]c2c(C(C)C)cccc2C(C)C)[n-]1.[I-].[Sr+2]. The van der Waals surface area contributed by atoms with E-state index in [1.165, 1.54) is 97.8 Å². The van der Waals surface area contributed by atoms with Crippen LogP contribution in [-0.2, 0) is 23.7 Å². The second-order valence-electron chi connectivity index (χ2n) is 16.7. The van der Waals surface area contributed by atoms with Crippen LogP contribution in [0.2, 0.25) is 0 Å². The van der Waals surface area contributed by atoms with Crippen LogP contribution in [0.25, 0.3) is 0 Å². The molecule has 2 N–H and O–H groups in total. The molecule has 332 valence electrons. The topological polar surface area (TPSA) is 88.2 Å². The van der Waals surface area contributed by atoms with E-state index >= 15 is 0 Å². The number of para-hydroxylation sites is 2. The third-order valence-electron chi connectivity index (χ3n) is 10.3. The fourth-order valence-electron chi connectivity index (χ4n) is 6.83. The standard InChI is InChI=1S/C30H38N3.5C4H8O.HI.Sr/c1-19(2)25-11-9-12-26(20(3)4)29(25)31-17-23-15-16-24(33-23)18-32-30-27(21(5)6)13-10-14-28(30)22(7)8;5*1-2-4-5-3-1;;/h9-22H,1-8H3;5*1-4H2;1H;/q-1;;;;;;;+2/p+1. The third kappa shape index (κ3) is 23.7. The average Bonchev–Trinajstić information content (AvgIpc) is 4.10. The summed E-state index contributed by atoms with van der Waals surface area (Å²) in [6.45, 7) is 27.9. The molecule has 0 bridgehead atoms. The Labute approximate surface area is 419 Å². The fourth-order valence-corrected chi connectivity index (χ4v) is 6.83. The maximum Gasteiger partial charge on any atom is 2.00 e. The van der Waals surface area contributed by atoms with Crippen molar-refractivity contribution in [2.75, 3.05) is 66.1 Å². The molecule has 0 atom stereocenters. The molecular formula is C50H80IN3O5Sr+2. The van der Waals surface area contributed by atoms with Crippen molar-refractivity contribution in [2.24, 2.45) is 0 Å². The minimum Gasteiger partial charge on any atom is -1.00 e. The van der Waals surface area contributed by atoms with Gasteiger partial charge in [0, 0.05) is 88.3 Å². The van der Waals surface area contributed by atoms with Crippen molar-refractivity contribution in [3.63, 3.8) is 0 Å². The van der Waals surface area contributed by atoms with Crippen molar-refractivity contribution >= 4 is 69.3 Å². The van der Waals surface area contributed by atoms with E-state index in [0.29, 0.717) is 23.7 Å². The normalized spacial score (nSPS) is 16.9. The fraction of sp³-hybridized carbons (Fsp3) is 0.640. The van der Waals surface area contributed by atoms with E-state index in [4.69, 9.17) is 28.7 Å². The number of nitrogens with zero attached hydrogens (tertiary/aromatic N) is 1. The first-order valence-electron chi connectivity index (χ1n) is 22.7. The Morgan fingerprint density at radius 3 is 0.783 bits per heavy atom. The van der Waals surface area contributed by atoms with Gasteiger partial charge < -0.3 is 52.6 Å². The number of halogens is 1. The summed E-state index contributed by atoms with van der Waals surface area (Å²) in [5.74, 6) is 1.82. The van der Waals surface area contributed by atoms with Gasteiger partial charge in [0.05, 0.1) is 0 Å². The van der Waals surface area contributed by atoms with Crippen LogP contribution in [0, 0.1) is 0 Å². The van der Waals surface area contributed by atoms with Crippen LogP contribution >= 0.6 is 0 Å². The number of hydrogen-bond acceptors (Lipinski definition) is 5. The van der Waals surface area contributed by atoms with Crippen LogP contribution in [-0.4, -0.2) is 124 Å². The summed E-state index contributed by atoms with van der Waals surface area (Å²) in [6.07, 6.45) is 16.8. The zero-order valence-corrected chi connectivity index (χ0v) is 44.4. The van der Waals surface area contributed by atoms with Crippen molar-refractivity contribution in [1.29, 1.82) is 0 Å². The minimum atomic E-state index is 0. The number of rotatable bonds is 8. The molecule has 6 heterocycles. The molecule has 8 rings (SSSR count). The molecule has 8 nitrogen and oxygen atoms in total. The Kier molecular flexibility index (Phi) is 33.7. The van der Waals surface area contributed by atoms with Crippen molar-refractivity contribution in [2.45, 2.75) is 143 Å². The van der Waals surface area contributed by atoms with Gasteiger partial charge in [-0.1, -0.05) is 115 Å². The Balaban J connectivity index is 0.000000525. The molecule has 5 aliphatic heterocycles. The Hall–Kier alpha value is -0.929. The van der Waals surface area contributed by atoms with Crippen LogP contribution in [0.3, 0.4) is 0 Å². The number of nitrogens with one attached hydrogen (secondary N) is 2. The van der Waals surface area contributed by atoms with E-state index in [1.807, 2.05) is 12.4 Å². The molecule has 0 amide bonds. The Morgan fingerprint density at radius 1 is 0.400 bits per heavy atom. The maximum atomic E-state index is 4.94. The summed E-state index contributed by atoms with van der Waals surface area (Å²) in [5.41, 5.74) is 9.62. The van der Waals surface area contributed by atoms with Gasteiger partial charge in [-0.05, 0) is 87.9 Å². The second kappa shape index (κ2) is 35.4. The molecule has 0 spiro atoms. The summed E-state index contributed by atoms with van der Waals surface area (Å²) >= 11 is 0. The molecule has 5 fully saturated rings. The Bertz CT molecular complexity index is 1320. The van der Waals surface area contributed by atoms with Crippen LogP contribution in [0.4, 0.5) is 11.4 Å². The first-order valence-corrected chi connectivity index (χ1v) is 22.7. The van der Waals surface area contributed by atoms with E-state index in [2.05, 4.69) is 114 Å². The zero-order chi connectivity index (χ0) is 41.8. The molecule has 1 aromatic heterocycles. The van der Waals surface area contributed by atoms with Gasteiger partial charge in [-0.15, -0.1) is 0 Å². The average molecular weight is 1020 g/mol. The summed E-state index contributed by atoms with van der Waals surface area (Å²) in [6, 6.07) is 17.3. The van der Waals surface area contributed by atoms with E-state index in [-0.39, 0.29) is 69.5 Å². The van der Waals surface area contributed by atoms with E-state index in [9.17, 15) is 0 Å². The Morgan fingerprint density at radius 2 is 0.617 bits per heavy atom. The number of aromatic nitrogens is 1. The van der Waals surface area contributed by atoms with Gasteiger partial charge in [0.15, 0.2) is 12.4 Å². The van der Waals surface area contributed by atoms with Gasteiger partial charge >= 0.3 is 45.5 Å². The number of ether oxygens (including phenoxy) is 5. The van der Waals surface area contributed by atoms with Crippen molar-refractivity contribution in [1.82, 2.24) is 4.98 Å². The first kappa shape index (κ1) is 57.1. The summed E-state index contributed by atoms with van der Waals surface area (Å²) in [4.78, 5) is 12.0. The predicted molar refractivity (Wildman–Crippen MR) is 247 cm³/mol. The second-order valence-corrected chi connectivity index (χ2v) is 16.7. The maximum absolute atomic E-state index is 4.94. The van der Waals surface area contributed by atoms with E-state index in [0.717, 1.165) is 77.5 Å². The summed E-state index contributed by atoms with van der Waals surface area (Å²) < 4.78 is 24.7. The quantitative estimate of drug-likeness (QED) is 0.179. The van der Waals surface area contributed by atoms with Crippen LogP contribution < -0.4 is 38.9 Å². The molecule has 0 saturated carbocycles. The molecule has 0 aliphatic carbocycles. The summed E-state index contributed by atoms with van der Waals surface area (Å²) in [7, 11) is 0. The minimum absolute atomic E-state index is 0. The molecule has 5 aliphatic rings. The third-order valence-corrected chi connectivity index (χ3v) is 10.3. The molecule has 10 heteroatoms. The first-order chi connectivity index (χ1) is 28.2. The van der Waals surface area contributed by atoms with Crippen molar-refractivity contribution in [3.8, 4) is 0 Å². The van der Waals surface area contributed by atoms with Crippen LogP contribution in [0.1, 0.15) is 177 Å². The number of hydrogen-bond donors (Lipinski definition) is 2. The van der Waals surface area contributed by atoms with Gasteiger partial charge in [-0.2, -0.15) is 0 Å². The molecular weight excluding hydrogens is 937 g/mol. The van der Waals surface area contributed by atoms with Gasteiger partial charge in [-0.25, -0.2) is 9.98 Å². The van der Waals surface area contributed by atoms with Crippen LogP contribution in [0.15, 0.2) is 48.5 Å². The molecule has 60 heavy (non-hydrogen) atoms. The summed E-state index contributed by atoms with van der Waals surface area (Å²) in [5, 5.41) is 0. The van der Waals surface area contributed by atoms with E-state index < -0.39 is 0 Å².